The zero-order chi connectivity index (χ0) is 21.3. The van der Waals surface area contributed by atoms with Gasteiger partial charge in [0, 0.05) is 30.1 Å². The van der Waals surface area contributed by atoms with E-state index >= 15 is 0 Å². The average Bonchev–Trinajstić information content (AvgIpc) is 2.97. The molecule has 1 atom stereocenters. The lowest BCUT2D eigenvalue weighted by Gasteiger charge is -2.36. The summed E-state index contributed by atoms with van der Waals surface area (Å²) in [6.45, 7) is 2.04. The van der Waals surface area contributed by atoms with Gasteiger partial charge in [0.2, 0.25) is 5.91 Å². The van der Waals surface area contributed by atoms with E-state index in [4.69, 9.17) is 0 Å². The molecular formula is C23H29FN4O2. The number of piperidine rings is 1. The van der Waals surface area contributed by atoms with Gasteiger partial charge in [0.25, 0.3) is 5.56 Å². The predicted molar refractivity (Wildman–Crippen MR) is 114 cm³/mol. The van der Waals surface area contributed by atoms with Crippen molar-refractivity contribution in [3.05, 3.63) is 51.7 Å². The molecule has 1 aromatic carbocycles. The zero-order valence-corrected chi connectivity index (χ0v) is 17.7. The van der Waals surface area contributed by atoms with Crippen LogP contribution in [-0.2, 0) is 17.6 Å². The molecular weight excluding hydrogens is 383 g/mol. The second kappa shape index (κ2) is 8.68. The largest absolute Gasteiger partial charge is 0.342 e. The highest BCUT2D eigenvalue weighted by Crippen LogP contribution is 2.26. The summed E-state index contributed by atoms with van der Waals surface area (Å²) in [4.78, 5) is 37.6. The Morgan fingerprint density at radius 3 is 2.50 bits per heavy atom. The van der Waals surface area contributed by atoms with Crippen LogP contribution in [0, 0.1) is 11.7 Å². The highest BCUT2D eigenvalue weighted by molar-refractivity contribution is 5.79. The van der Waals surface area contributed by atoms with E-state index in [1.807, 2.05) is 11.9 Å². The van der Waals surface area contributed by atoms with Crippen LogP contribution < -0.4 is 5.56 Å². The summed E-state index contributed by atoms with van der Waals surface area (Å²) in [5, 5.41) is 0. The molecule has 2 aromatic rings. The van der Waals surface area contributed by atoms with E-state index in [0.717, 1.165) is 31.6 Å². The van der Waals surface area contributed by atoms with E-state index in [9.17, 15) is 14.0 Å². The molecule has 2 aliphatic rings. The second-order valence-corrected chi connectivity index (χ2v) is 8.60. The molecule has 1 unspecified atom stereocenters. The average molecular weight is 413 g/mol. The van der Waals surface area contributed by atoms with Crippen molar-refractivity contribution in [2.75, 3.05) is 27.2 Å². The lowest BCUT2D eigenvalue weighted by atomic mass is 9.96. The summed E-state index contributed by atoms with van der Waals surface area (Å²) in [5.41, 5.74) is 1.96. The van der Waals surface area contributed by atoms with Crippen molar-refractivity contribution >= 4 is 5.91 Å². The van der Waals surface area contributed by atoms with Crippen LogP contribution in [0.15, 0.2) is 29.1 Å². The molecule has 2 heterocycles. The minimum atomic E-state index is -0.328. The third-order valence-electron chi connectivity index (χ3n) is 6.62. The Balaban J connectivity index is 1.49. The van der Waals surface area contributed by atoms with E-state index in [0.29, 0.717) is 48.7 Å². The molecule has 4 rings (SSSR count). The Labute approximate surface area is 176 Å². The van der Waals surface area contributed by atoms with Crippen molar-refractivity contribution in [2.45, 2.75) is 44.6 Å². The fraction of sp³-hybridized carbons (Fsp3) is 0.522. The molecule has 6 nitrogen and oxygen atoms in total. The Hall–Kier alpha value is -2.54. The molecule has 1 amide bonds. The number of carbonyl (C=O) groups is 1. The highest BCUT2D eigenvalue weighted by atomic mass is 19.1. The number of aromatic amines is 1. The number of nitrogens with one attached hydrogen (secondary N) is 1. The van der Waals surface area contributed by atoms with Gasteiger partial charge in [-0.1, -0.05) is 0 Å². The summed E-state index contributed by atoms with van der Waals surface area (Å²) >= 11 is 0. The fourth-order valence-corrected chi connectivity index (χ4v) is 4.62. The van der Waals surface area contributed by atoms with Gasteiger partial charge < -0.3 is 14.8 Å². The number of amides is 1. The molecule has 1 aliphatic heterocycles. The van der Waals surface area contributed by atoms with Gasteiger partial charge in [-0.2, -0.15) is 0 Å². The smallest absolute Gasteiger partial charge is 0.254 e. The number of halogens is 1. The van der Waals surface area contributed by atoms with Crippen LogP contribution in [0.5, 0.6) is 0 Å². The maximum absolute atomic E-state index is 13.2. The third kappa shape index (κ3) is 4.31. The minimum absolute atomic E-state index is 0.0856. The molecule has 160 valence electrons. The normalized spacial score (nSPS) is 20.4. The van der Waals surface area contributed by atoms with Gasteiger partial charge in [-0.15, -0.1) is 0 Å². The van der Waals surface area contributed by atoms with Crippen molar-refractivity contribution in [3.8, 4) is 11.4 Å². The third-order valence-corrected chi connectivity index (χ3v) is 6.62. The molecule has 30 heavy (non-hydrogen) atoms. The second-order valence-electron chi connectivity index (χ2n) is 8.60. The minimum Gasteiger partial charge on any atom is -0.342 e. The molecule has 7 heteroatoms. The van der Waals surface area contributed by atoms with Crippen molar-refractivity contribution in [1.29, 1.82) is 0 Å². The van der Waals surface area contributed by atoms with Gasteiger partial charge >= 0.3 is 0 Å². The fourth-order valence-electron chi connectivity index (χ4n) is 4.62. The van der Waals surface area contributed by atoms with Gasteiger partial charge in [0.1, 0.15) is 11.6 Å². The van der Waals surface area contributed by atoms with E-state index in [2.05, 4.69) is 21.9 Å². The number of nitrogens with zero attached hydrogens (tertiary/aromatic N) is 3. The molecule has 0 bridgehead atoms. The van der Waals surface area contributed by atoms with Crippen LogP contribution >= 0.6 is 0 Å². The van der Waals surface area contributed by atoms with Crippen LogP contribution in [0.4, 0.5) is 4.39 Å². The first-order chi connectivity index (χ1) is 14.4. The summed E-state index contributed by atoms with van der Waals surface area (Å²) in [5.74, 6) is 0.225. The SMILES string of the molecule is CN1CCC(N(C)C(=O)C2CCc3nc(-c4ccc(F)cc4)[nH]c(=O)c3CC2)CC1. The highest BCUT2D eigenvalue weighted by Gasteiger charge is 2.31. The van der Waals surface area contributed by atoms with E-state index in [1.165, 1.54) is 12.1 Å². The molecule has 1 saturated heterocycles. The number of likely N-dealkylation sites (tertiary alicyclic amines) is 1. The summed E-state index contributed by atoms with van der Waals surface area (Å²) in [6.07, 6.45) is 4.54. The van der Waals surface area contributed by atoms with E-state index in [-0.39, 0.29) is 23.2 Å². The molecule has 0 radical (unpaired) electrons. The lowest BCUT2D eigenvalue weighted by Crippen LogP contribution is -2.46. The first kappa shape index (κ1) is 20.7. The Morgan fingerprint density at radius 2 is 1.80 bits per heavy atom. The van der Waals surface area contributed by atoms with Gasteiger partial charge in [0.05, 0.1) is 5.69 Å². The number of benzene rings is 1. The molecule has 0 spiro atoms. The van der Waals surface area contributed by atoms with Gasteiger partial charge in [-0.25, -0.2) is 9.37 Å². The molecule has 0 saturated carbocycles. The van der Waals surface area contributed by atoms with Crippen molar-refractivity contribution in [1.82, 2.24) is 19.8 Å². The van der Waals surface area contributed by atoms with Gasteiger partial charge in [-0.3, -0.25) is 9.59 Å². The first-order valence-corrected chi connectivity index (χ1v) is 10.8. The summed E-state index contributed by atoms with van der Waals surface area (Å²) in [6, 6.07) is 6.23. The number of carbonyl (C=O) groups excluding carboxylic acids is 1. The van der Waals surface area contributed by atoms with Crippen molar-refractivity contribution in [2.24, 2.45) is 5.92 Å². The van der Waals surface area contributed by atoms with E-state index in [1.54, 1.807) is 12.1 Å². The Bertz CT molecular complexity index is 964. The predicted octanol–water partition coefficient (Wildman–Crippen LogP) is 2.62. The summed E-state index contributed by atoms with van der Waals surface area (Å²) in [7, 11) is 4.04. The van der Waals surface area contributed by atoms with Gasteiger partial charge in [-0.05, 0) is 82.9 Å². The van der Waals surface area contributed by atoms with Crippen molar-refractivity contribution < 1.29 is 9.18 Å². The molecule has 1 aliphatic carbocycles. The Morgan fingerprint density at radius 1 is 1.13 bits per heavy atom. The van der Waals surface area contributed by atoms with E-state index < -0.39 is 0 Å². The van der Waals surface area contributed by atoms with Crippen molar-refractivity contribution in [3.63, 3.8) is 0 Å². The summed E-state index contributed by atoms with van der Waals surface area (Å²) < 4.78 is 13.2. The number of aromatic nitrogens is 2. The monoisotopic (exact) mass is 412 g/mol. The maximum Gasteiger partial charge on any atom is 0.254 e. The molecule has 1 aromatic heterocycles. The number of hydrogen-bond acceptors (Lipinski definition) is 4. The number of hydrogen-bond donors (Lipinski definition) is 1. The molecule has 1 N–H and O–H groups in total. The number of H-pyrrole nitrogens is 1. The van der Waals surface area contributed by atoms with Crippen LogP contribution in [0.25, 0.3) is 11.4 Å². The van der Waals surface area contributed by atoms with Crippen LogP contribution in [0.1, 0.15) is 36.9 Å². The first-order valence-electron chi connectivity index (χ1n) is 10.8. The van der Waals surface area contributed by atoms with Crippen LogP contribution in [0.2, 0.25) is 0 Å². The number of aryl methyl sites for hydroxylation is 1. The number of rotatable bonds is 3. The maximum atomic E-state index is 13.2. The van der Waals surface area contributed by atoms with Crippen LogP contribution in [-0.4, -0.2) is 58.9 Å². The molecule has 1 fully saturated rings. The topological polar surface area (TPSA) is 69.3 Å². The quantitative estimate of drug-likeness (QED) is 0.787. The van der Waals surface area contributed by atoms with Crippen LogP contribution in [0.3, 0.4) is 0 Å². The zero-order valence-electron chi connectivity index (χ0n) is 17.7. The Kier molecular flexibility index (Phi) is 5.99. The number of fused-ring (bicyclic) bond motifs is 1. The standard InChI is InChI=1S/C23H29FN4O2/c1-27-13-11-18(12-14-27)28(2)23(30)16-5-9-19-20(10-6-16)25-21(26-22(19)29)15-3-7-17(24)8-4-15/h3-4,7-8,16,18H,5-6,9-14H2,1-2H3,(H,25,26,29). The lowest BCUT2D eigenvalue weighted by molar-refractivity contribution is -0.137. The van der Waals surface area contributed by atoms with Gasteiger partial charge in [0.15, 0.2) is 0 Å².